The smallest absolute Gasteiger partial charge is 0.0280 e. The maximum atomic E-state index is 3.72. The molecule has 76 valence electrons. The second-order valence-electron chi connectivity index (χ2n) is 4.76. The van der Waals surface area contributed by atoms with Crippen molar-refractivity contribution in [1.29, 1.82) is 0 Å². The Balaban J connectivity index is 2.92. The van der Waals surface area contributed by atoms with Gasteiger partial charge in [0.05, 0.1) is 0 Å². The number of nitrogens with zero attached hydrogens (tertiary/aromatic N) is 1. The molecule has 0 radical (unpaired) electrons. The summed E-state index contributed by atoms with van der Waals surface area (Å²) in [5.74, 6) is 0. The second kappa shape index (κ2) is 4.02. The highest BCUT2D eigenvalue weighted by atomic mass is 15.2. The van der Waals surface area contributed by atoms with Crippen LogP contribution < -0.4 is 0 Å². The molecule has 0 aliphatic carbocycles. The largest absolute Gasteiger partial charge is 0.289 e. The van der Waals surface area contributed by atoms with Crippen LogP contribution in [0.15, 0.2) is 35.8 Å². The highest BCUT2D eigenvalue weighted by Crippen LogP contribution is 2.25. The predicted molar refractivity (Wildman–Crippen MR) is 61.2 cm³/mol. The summed E-state index contributed by atoms with van der Waals surface area (Å²) in [7, 11) is 0. The van der Waals surface area contributed by atoms with Gasteiger partial charge in [0.25, 0.3) is 0 Å². The van der Waals surface area contributed by atoms with Crippen LogP contribution in [0.2, 0.25) is 0 Å². The molecule has 1 rings (SSSR count). The van der Waals surface area contributed by atoms with E-state index in [1.54, 1.807) is 0 Å². The number of hydrogen-bond acceptors (Lipinski definition) is 1. The van der Waals surface area contributed by atoms with Gasteiger partial charge in [-0.05, 0) is 31.9 Å². The van der Waals surface area contributed by atoms with Gasteiger partial charge in [0, 0.05) is 25.0 Å². The standard InChI is InChI=1S/C13H19N/c1-6-11-8-12(7-2)10-14(9-11)13(3,4)5/h1-2,8-10H2,3-5H3. The number of rotatable bonds is 0. The molecule has 0 saturated carbocycles. The minimum absolute atomic E-state index is 0.185. The lowest BCUT2D eigenvalue weighted by Crippen LogP contribution is -2.45. The molecule has 0 amide bonds. The van der Waals surface area contributed by atoms with Crippen LogP contribution in [0.5, 0.6) is 0 Å². The van der Waals surface area contributed by atoms with Gasteiger partial charge >= 0.3 is 0 Å². The summed E-state index contributed by atoms with van der Waals surface area (Å²) >= 11 is 0. The van der Waals surface area contributed by atoms with E-state index in [2.05, 4.69) is 50.3 Å². The molecular formula is C13H19N. The Labute approximate surface area is 87.1 Å². The molecule has 0 aromatic carbocycles. The highest BCUT2D eigenvalue weighted by Gasteiger charge is 2.26. The average molecular weight is 189 g/mol. The van der Waals surface area contributed by atoms with Gasteiger partial charge < -0.3 is 0 Å². The fourth-order valence-electron chi connectivity index (χ4n) is 1.60. The normalized spacial score (nSPS) is 19.1. The molecule has 0 aromatic rings. The molecule has 1 saturated heterocycles. The zero-order valence-corrected chi connectivity index (χ0v) is 9.48. The summed E-state index contributed by atoms with van der Waals surface area (Å²) in [5, 5.41) is 0. The monoisotopic (exact) mass is 189 g/mol. The van der Waals surface area contributed by atoms with E-state index in [9.17, 15) is 0 Å². The molecule has 0 spiro atoms. The van der Waals surface area contributed by atoms with Gasteiger partial charge in [-0.15, -0.1) is 11.5 Å². The van der Waals surface area contributed by atoms with Crippen molar-refractivity contribution in [2.45, 2.75) is 32.7 Å². The first-order valence-electron chi connectivity index (χ1n) is 4.98. The van der Waals surface area contributed by atoms with Gasteiger partial charge in [-0.1, -0.05) is 13.2 Å². The summed E-state index contributed by atoms with van der Waals surface area (Å²) < 4.78 is 0. The molecule has 1 heterocycles. The van der Waals surface area contributed by atoms with Crippen LogP contribution >= 0.6 is 0 Å². The quantitative estimate of drug-likeness (QED) is 0.530. The number of likely N-dealkylation sites (tertiary alicyclic amines) is 1. The van der Waals surface area contributed by atoms with E-state index in [0.29, 0.717) is 0 Å². The molecule has 1 aliphatic rings. The molecule has 14 heavy (non-hydrogen) atoms. The minimum Gasteiger partial charge on any atom is -0.289 e. The predicted octanol–water partition coefficient (Wildman–Crippen LogP) is 2.91. The summed E-state index contributed by atoms with van der Waals surface area (Å²) in [5.41, 5.74) is 8.69. The average Bonchev–Trinajstić information content (AvgIpc) is 2.15. The van der Waals surface area contributed by atoms with E-state index in [1.807, 2.05) is 0 Å². The first-order valence-corrected chi connectivity index (χ1v) is 4.98. The summed E-state index contributed by atoms with van der Waals surface area (Å²) in [4.78, 5) is 2.40. The Morgan fingerprint density at radius 2 is 1.50 bits per heavy atom. The Morgan fingerprint density at radius 3 is 1.79 bits per heavy atom. The zero-order valence-electron chi connectivity index (χ0n) is 9.48. The lowest BCUT2D eigenvalue weighted by molar-refractivity contribution is 0.154. The van der Waals surface area contributed by atoms with Gasteiger partial charge in [0.1, 0.15) is 0 Å². The van der Waals surface area contributed by atoms with E-state index in [1.165, 1.54) is 11.1 Å². The molecular weight excluding hydrogens is 170 g/mol. The van der Waals surface area contributed by atoms with E-state index < -0.39 is 0 Å². The second-order valence-corrected chi connectivity index (χ2v) is 4.76. The minimum atomic E-state index is 0.185. The third-order valence-corrected chi connectivity index (χ3v) is 2.64. The SMILES string of the molecule is C=C=C1CC(=C=C)CN(C(C)(C)C)C1. The highest BCUT2D eigenvalue weighted by molar-refractivity contribution is 5.21. The molecule has 0 atom stereocenters. The molecule has 0 aromatic heterocycles. The van der Waals surface area contributed by atoms with E-state index >= 15 is 0 Å². The van der Waals surface area contributed by atoms with Gasteiger partial charge in [0.2, 0.25) is 0 Å². The zero-order chi connectivity index (χ0) is 10.8. The van der Waals surface area contributed by atoms with Crippen molar-refractivity contribution >= 4 is 0 Å². The number of hydrogen-bond donors (Lipinski definition) is 0. The van der Waals surface area contributed by atoms with Crippen molar-refractivity contribution in [3.63, 3.8) is 0 Å². The van der Waals surface area contributed by atoms with Crippen LogP contribution in [-0.2, 0) is 0 Å². The first kappa shape index (κ1) is 11.1. The van der Waals surface area contributed by atoms with Crippen molar-refractivity contribution in [2.75, 3.05) is 13.1 Å². The topological polar surface area (TPSA) is 3.24 Å². The van der Waals surface area contributed by atoms with E-state index in [0.717, 1.165) is 19.5 Å². The molecule has 0 N–H and O–H groups in total. The molecule has 1 aliphatic heterocycles. The summed E-state index contributed by atoms with van der Waals surface area (Å²) in [6, 6.07) is 0. The molecule has 0 unspecified atom stereocenters. The lowest BCUT2D eigenvalue weighted by Gasteiger charge is -2.39. The van der Waals surface area contributed by atoms with E-state index in [4.69, 9.17) is 0 Å². The molecule has 1 nitrogen and oxygen atoms in total. The molecule has 1 fully saturated rings. The maximum absolute atomic E-state index is 3.72. The van der Waals surface area contributed by atoms with Crippen LogP contribution in [0, 0.1) is 0 Å². The fourth-order valence-corrected chi connectivity index (χ4v) is 1.60. The van der Waals surface area contributed by atoms with Crippen molar-refractivity contribution in [3.8, 4) is 0 Å². The lowest BCUT2D eigenvalue weighted by atomic mass is 9.95. The third kappa shape index (κ3) is 2.49. The van der Waals surface area contributed by atoms with Crippen LogP contribution in [-0.4, -0.2) is 23.5 Å². The Kier molecular flexibility index (Phi) is 3.18. The maximum Gasteiger partial charge on any atom is 0.0280 e. The Morgan fingerprint density at radius 1 is 1.07 bits per heavy atom. The van der Waals surface area contributed by atoms with Gasteiger partial charge in [-0.3, -0.25) is 4.90 Å². The van der Waals surface area contributed by atoms with Crippen molar-refractivity contribution in [3.05, 3.63) is 35.8 Å². The van der Waals surface area contributed by atoms with Crippen LogP contribution in [0.1, 0.15) is 27.2 Å². The number of piperidine rings is 1. The first-order chi connectivity index (χ1) is 6.47. The van der Waals surface area contributed by atoms with Gasteiger partial charge in [-0.25, -0.2) is 0 Å². The van der Waals surface area contributed by atoms with Gasteiger partial charge in [-0.2, -0.15) is 0 Å². The summed E-state index contributed by atoms with van der Waals surface area (Å²) in [6.45, 7) is 16.0. The summed E-state index contributed by atoms with van der Waals surface area (Å²) in [6.07, 6.45) is 0.944. The van der Waals surface area contributed by atoms with E-state index in [-0.39, 0.29) is 5.54 Å². The Bertz CT molecular complexity index is 292. The van der Waals surface area contributed by atoms with Crippen LogP contribution in [0.4, 0.5) is 0 Å². The van der Waals surface area contributed by atoms with Crippen LogP contribution in [0.25, 0.3) is 0 Å². The van der Waals surface area contributed by atoms with Gasteiger partial charge in [0.15, 0.2) is 0 Å². The van der Waals surface area contributed by atoms with Crippen LogP contribution in [0.3, 0.4) is 0 Å². The van der Waals surface area contributed by atoms with Crippen molar-refractivity contribution in [1.82, 2.24) is 4.90 Å². The Hall–Kier alpha value is -1.00. The third-order valence-electron chi connectivity index (χ3n) is 2.64. The van der Waals surface area contributed by atoms with Crippen molar-refractivity contribution < 1.29 is 0 Å². The fraction of sp³-hybridized carbons (Fsp3) is 0.538. The molecule has 0 bridgehead atoms. The van der Waals surface area contributed by atoms with Crippen molar-refractivity contribution in [2.24, 2.45) is 0 Å². The molecule has 1 heteroatoms.